The highest BCUT2D eigenvalue weighted by molar-refractivity contribution is 5.85. The number of carboxylic acid groups (broad SMARTS) is 1. The summed E-state index contributed by atoms with van der Waals surface area (Å²) in [5, 5.41) is 12.3. The first kappa shape index (κ1) is 12.9. The number of nitrogens with one attached hydrogen (secondary N) is 1. The number of rotatable bonds is 3. The summed E-state index contributed by atoms with van der Waals surface area (Å²) in [5.74, 6) is 1.12. The van der Waals surface area contributed by atoms with Gasteiger partial charge < -0.3 is 10.4 Å². The highest BCUT2D eigenvalue weighted by Gasteiger charge is 2.24. The molecule has 1 aliphatic rings. The number of hydrogen-bond donors (Lipinski definition) is 2. The fourth-order valence-corrected chi connectivity index (χ4v) is 2.91. The number of aromatic nitrogens is 1. The Hall–Kier alpha value is -1.58. The van der Waals surface area contributed by atoms with Gasteiger partial charge in [0, 0.05) is 6.04 Å². The van der Waals surface area contributed by atoms with Crippen LogP contribution in [0.3, 0.4) is 0 Å². The zero-order valence-corrected chi connectivity index (χ0v) is 10.9. The Bertz CT molecular complexity index is 424. The molecule has 0 amide bonds. The zero-order chi connectivity index (χ0) is 13.1. The summed E-state index contributed by atoms with van der Waals surface area (Å²) >= 11 is 0. The number of carboxylic acids is 1. The number of anilines is 1. The van der Waals surface area contributed by atoms with Crippen LogP contribution >= 0.6 is 0 Å². The second kappa shape index (κ2) is 5.38. The van der Waals surface area contributed by atoms with Crippen LogP contribution in [0.1, 0.15) is 43.6 Å². The molecule has 0 aromatic carbocycles. The topological polar surface area (TPSA) is 62.2 Å². The smallest absolute Gasteiger partial charge is 0.354 e. The highest BCUT2D eigenvalue weighted by Crippen LogP contribution is 2.30. The molecular weight excluding hydrogens is 228 g/mol. The molecule has 18 heavy (non-hydrogen) atoms. The van der Waals surface area contributed by atoms with Gasteiger partial charge in [-0.15, -0.1) is 0 Å². The number of hydrogen-bond acceptors (Lipinski definition) is 3. The largest absolute Gasteiger partial charge is 0.477 e. The minimum atomic E-state index is -0.982. The van der Waals surface area contributed by atoms with Crippen molar-refractivity contribution in [3.8, 4) is 0 Å². The van der Waals surface area contributed by atoms with Gasteiger partial charge >= 0.3 is 5.97 Å². The summed E-state index contributed by atoms with van der Waals surface area (Å²) in [5.41, 5.74) is 0.0944. The molecule has 2 rings (SSSR count). The first-order valence-corrected chi connectivity index (χ1v) is 6.51. The summed E-state index contributed by atoms with van der Waals surface area (Å²) < 4.78 is 0. The van der Waals surface area contributed by atoms with Gasteiger partial charge in [0.2, 0.25) is 0 Å². The van der Waals surface area contributed by atoms with Crippen LogP contribution in [0.5, 0.6) is 0 Å². The van der Waals surface area contributed by atoms with E-state index in [1.807, 2.05) is 6.07 Å². The maximum absolute atomic E-state index is 10.9. The fraction of sp³-hybridized carbons (Fsp3) is 0.571. The Labute approximate surface area is 107 Å². The normalized spacial score (nSPS) is 27.8. The minimum absolute atomic E-state index is 0.0944. The Morgan fingerprint density at radius 2 is 1.94 bits per heavy atom. The molecule has 1 aromatic heterocycles. The predicted molar refractivity (Wildman–Crippen MR) is 70.8 cm³/mol. The molecule has 2 atom stereocenters. The van der Waals surface area contributed by atoms with Gasteiger partial charge in [-0.3, -0.25) is 0 Å². The van der Waals surface area contributed by atoms with Crippen molar-refractivity contribution in [3.05, 3.63) is 23.9 Å². The van der Waals surface area contributed by atoms with Crippen LogP contribution in [0.25, 0.3) is 0 Å². The van der Waals surface area contributed by atoms with E-state index in [0.717, 1.165) is 12.8 Å². The molecule has 98 valence electrons. The average Bonchev–Trinajstić information content (AvgIpc) is 2.27. The van der Waals surface area contributed by atoms with Crippen molar-refractivity contribution < 1.29 is 9.90 Å². The molecular formula is C14H20N2O2. The van der Waals surface area contributed by atoms with Gasteiger partial charge in [0.25, 0.3) is 0 Å². The van der Waals surface area contributed by atoms with Crippen molar-refractivity contribution in [3.63, 3.8) is 0 Å². The van der Waals surface area contributed by atoms with Crippen LogP contribution in [-0.2, 0) is 0 Å². The van der Waals surface area contributed by atoms with Gasteiger partial charge in [-0.05, 0) is 43.2 Å². The number of carbonyl (C=O) groups is 1. The van der Waals surface area contributed by atoms with Gasteiger partial charge in [0.1, 0.15) is 5.82 Å². The van der Waals surface area contributed by atoms with E-state index in [1.165, 1.54) is 12.5 Å². The van der Waals surface area contributed by atoms with E-state index < -0.39 is 5.97 Å². The summed E-state index contributed by atoms with van der Waals surface area (Å²) in [4.78, 5) is 15.0. The minimum Gasteiger partial charge on any atom is -0.477 e. The molecule has 2 unspecified atom stereocenters. The maximum atomic E-state index is 10.9. The third kappa shape index (κ3) is 3.22. The highest BCUT2D eigenvalue weighted by atomic mass is 16.4. The standard InChI is InChI=1S/C14H20N2O2/c1-9-6-10(2)8-11(7-9)15-13-5-3-4-12(16-13)14(17)18/h3-5,9-11H,6-8H2,1-2H3,(H,15,16)(H,17,18). The molecule has 0 aliphatic heterocycles. The predicted octanol–water partition coefficient (Wildman–Crippen LogP) is 3.02. The fourth-order valence-electron chi connectivity index (χ4n) is 2.91. The van der Waals surface area contributed by atoms with Crippen molar-refractivity contribution in [2.24, 2.45) is 11.8 Å². The Balaban J connectivity index is 2.04. The first-order valence-electron chi connectivity index (χ1n) is 6.51. The van der Waals surface area contributed by atoms with Crippen LogP contribution < -0.4 is 5.32 Å². The number of aromatic carboxylic acids is 1. The Morgan fingerprint density at radius 1 is 1.28 bits per heavy atom. The van der Waals surface area contributed by atoms with Crippen LogP contribution in [-0.4, -0.2) is 22.1 Å². The van der Waals surface area contributed by atoms with E-state index in [2.05, 4.69) is 24.1 Å². The average molecular weight is 248 g/mol. The third-order valence-corrected chi connectivity index (χ3v) is 3.50. The lowest BCUT2D eigenvalue weighted by Crippen LogP contribution is -2.30. The monoisotopic (exact) mass is 248 g/mol. The van der Waals surface area contributed by atoms with Crippen LogP contribution in [0.2, 0.25) is 0 Å². The quantitative estimate of drug-likeness (QED) is 0.863. The molecule has 4 heteroatoms. The van der Waals surface area contributed by atoms with Gasteiger partial charge in [0.15, 0.2) is 5.69 Å². The molecule has 0 radical (unpaired) electrons. The Kier molecular flexibility index (Phi) is 3.84. The molecule has 1 aliphatic carbocycles. The second-order valence-corrected chi connectivity index (χ2v) is 5.47. The van der Waals surface area contributed by atoms with Gasteiger partial charge in [-0.25, -0.2) is 9.78 Å². The van der Waals surface area contributed by atoms with E-state index in [-0.39, 0.29) is 5.69 Å². The maximum Gasteiger partial charge on any atom is 0.354 e. The molecule has 2 N–H and O–H groups in total. The molecule has 1 fully saturated rings. The first-order chi connectivity index (χ1) is 8.54. The lowest BCUT2D eigenvalue weighted by Gasteiger charge is -2.32. The molecule has 1 heterocycles. The SMILES string of the molecule is CC1CC(C)CC(Nc2cccc(C(=O)O)n2)C1. The van der Waals surface area contributed by atoms with Crippen molar-refractivity contribution >= 4 is 11.8 Å². The zero-order valence-electron chi connectivity index (χ0n) is 10.9. The summed E-state index contributed by atoms with van der Waals surface area (Å²) in [6, 6.07) is 5.48. The number of nitrogens with zero attached hydrogens (tertiary/aromatic N) is 1. The van der Waals surface area contributed by atoms with Crippen molar-refractivity contribution in [2.75, 3.05) is 5.32 Å². The number of pyridine rings is 1. The Morgan fingerprint density at radius 3 is 2.56 bits per heavy atom. The van der Waals surface area contributed by atoms with Gasteiger partial charge in [0.05, 0.1) is 0 Å². The van der Waals surface area contributed by atoms with E-state index in [4.69, 9.17) is 5.11 Å². The molecule has 4 nitrogen and oxygen atoms in total. The van der Waals surface area contributed by atoms with Crippen molar-refractivity contribution in [1.82, 2.24) is 4.98 Å². The molecule has 0 spiro atoms. The summed E-state index contributed by atoms with van der Waals surface area (Å²) in [7, 11) is 0. The van der Waals surface area contributed by atoms with Crippen molar-refractivity contribution in [2.45, 2.75) is 39.2 Å². The van der Waals surface area contributed by atoms with Crippen LogP contribution in [0.15, 0.2) is 18.2 Å². The lowest BCUT2D eigenvalue weighted by atomic mass is 9.80. The van der Waals surface area contributed by atoms with Gasteiger partial charge in [-0.2, -0.15) is 0 Å². The molecule has 1 saturated carbocycles. The molecule has 1 aromatic rings. The second-order valence-electron chi connectivity index (χ2n) is 5.47. The summed E-state index contributed by atoms with van der Waals surface area (Å²) in [6.07, 6.45) is 3.54. The van der Waals surface area contributed by atoms with E-state index in [1.54, 1.807) is 6.07 Å². The van der Waals surface area contributed by atoms with Gasteiger partial charge in [-0.1, -0.05) is 19.9 Å². The van der Waals surface area contributed by atoms with E-state index in [9.17, 15) is 4.79 Å². The van der Waals surface area contributed by atoms with E-state index >= 15 is 0 Å². The van der Waals surface area contributed by atoms with E-state index in [0.29, 0.717) is 23.7 Å². The summed E-state index contributed by atoms with van der Waals surface area (Å²) in [6.45, 7) is 4.54. The van der Waals surface area contributed by atoms with Crippen LogP contribution in [0, 0.1) is 11.8 Å². The molecule has 0 saturated heterocycles. The van der Waals surface area contributed by atoms with Crippen LogP contribution in [0.4, 0.5) is 5.82 Å². The third-order valence-electron chi connectivity index (χ3n) is 3.50. The van der Waals surface area contributed by atoms with Crippen molar-refractivity contribution in [1.29, 1.82) is 0 Å². The lowest BCUT2D eigenvalue weighted by molar-refractivity contribution is 0.0690. The molecule has 0 bridgehead atoms.